The summed E-state index contributed by atoms with van der Waals surface area (Å²) in [4.78, 5) is 2.02. The maximum atomic E-state index is 9.96. The molecule has 15 heavy (non-hydrogen) atoms. The van der Waals surface area contributed by atoms with Gasteiger partial charge in [-0.3, -0.25) is 0 Å². The Kier molecular flexibility index (Phi) is 2.54. The molecule has 4 heteroatoms. The number of para-hydroxylation sites is 1. The van der Waals surface area contributed by atoms with Gasteiger partial charge in [-0.15, -0.1) is 0 Å². The summed E-state index contributed by atoms with van der Waals surface area (Å²) >= 11 is 0. The smallest absolute Gasteiger partial charge is 0.142 e. The van der Waals surface area contributed by atoms with E-state index in [9.17, 15) is 5.11 Å². The number of likely N-dealkylation sites (N-methyl/N-ethyl adjacent to an activating group) is 1. The van der Waals surface area contributed by atoms with E-state index in [4.69, 9.17) is 10.5 Å². The quantitative estimate of drug-likeness (QED) is 0.706. The Bertz CT molecular complexity index is 368. The van der Waals surface area contributed by atoms with Gasteiger partial charge in [0.25, 0.3) is 0 Å². The lowest BCUT2D eigenvalue weighted by Crippen LogP contribution is -2.44. The Labute approximate surface area is 89.3 Å². The van der Waals surface area contributed by atoms with Crippen molar-refractivity contribution < 1.29 is 9.84 Å². The van der Waals surface area contributed by atoms with E-state index in [1.165, 1.54) is 0 Å². The van der Waals surface area contributed by atoms with E-state index in [0.29, 0.717) is 6.54 Å². The van der Waals surface area contributed by atoms with E-state index < -0.39 is 6.10 Å². The van der Waals surface area contributed by atoms with E-state index in [0.717, 1.165) is 17.0 Å². The van der Waals surface area contributed by atoms with Crippen LogP contribution < -0.4 is 15.4 Å². The van der Waals surface area contributed by atoms with E-state index >= 15 is 0 Å². The predicted molar refractivity (Wildman–Crippen MR) is 59.2 cm³/mol. The molecule has 0 fully saturated rings. The minimum absolute atomic E-state index is 0.241. The van der Waals surface area contributed by atoms with Crippen molar-refractivity contribution in [2.24, 2.45) is 5.73 Å². The Balaban J connectivity index is 2.54. The molecule has 0 spiro atoms. The molecule has 0 radical (unpaired) electrons. The van der Waals surface area contributed by atoms with Crippen LogP contribution in [-0.2, 0) is 0 Å². The van der Waals surface area contributed by atoms with Gasteiger partial charge in [0.05, 0.1) is 24.9 Å². The van der Waals surface area contributed by atoms with Gasteiger partial charge in [-0.2, -0.15) is 0 Å². The van der Waals surface area contributed by atoms with Crippen molar-refractivity contribution in [2.45, 2.75) is 12.1 Å². The number of nitrogens with two attached hydrogens (primary N) is 1. The molecule has 0 bridgehead atoms. The van der Waals surface area contributed by atoms with Crippen LogP contribution in [0.3, 0.4) is 0 Å². The highest BCUT2D eigenvalue weighted by molar-refractivity contribution is 5.66. The molecule has 82 valence electrons. The maximum absolute atomic E-state index is 9.96. The number of fused-ring (bicyclic) bond motifs is 1. The summed E-state index contributed by atoms with van der Waals surface area (Å²) in [7, 11) is 3.58. The molecular weight excluding hydrogens is 192 g/mol. The molecular formula is C11H16N2O2. The van der Waals surface area contributed by atoms with Gasteiger partial charge in [0, 0.05) is 19.2 Å². The first-order valence-corrected chi connectivity index (χ1v) is 4.97. The highest BCUT2D eigenvalue weighted by atomic mass is 16.5. The molecule has 0 amide bonds. The third kappa shape index (κ3) is 1.56. The van der Waals surface area contributed by atoms with Gasteiger partial charge in [0.1, 0.15) is 5.75 Å². The number of aliphatic hydroxyl groups is 1. The lowest BCUT2D eigenvalue weighted by atomic mass is 9.95. The molecule has 0 saturated heterocycles. The molecule has 4 nitrogen and oxygen atoms in total. The number of aliphatic hydroxyl groups excluding tert-OH is 1. The largest absolute Gasteiger partial charge is 0.495 e. The maximum Gasteiger partial charge on any atom is 0.142 e. The molecule has 1 aliphatic rings. The van der Waals surface area contributed by atoms with Crippen LogP contribution >= 0.6 is 0 Å². The van der Waals surface area contributed by atoms with Gasteiger partial charge in [-0.05, 0) is 6.07 Å². The fraction of sp³-hybridized carbons (Fsp3) is 0.455. The third-order valence-electron chi connectivity index (χ3n) is 2.84. The molecule has 1 aliphatic heterocycles. The van der Waals surface area contributed by atoms with Crippen LogP contribution in [0.5, 0.6) is 5.75 Å². The number of methoxy groups -OCH3 is 1. The van der Waals surface area contributed by atoms with Crippen LogP contribution in [0.4, 0.5) is 5.69 Å². The van der Waals surface area contributed by atoms with Crippen LogP contribution in [0.2, 0.25) is 0 Å². The molecule has 1 heterocycles. The Morgan fingerprint density at radius 1 is 1.53 bits per heavy atom. The molecule has 3 N–H and O–H groups in total. The first-order chi connectivity index (χ1) is 7.15. The zero-order chi connectivity index (χ0) is 11.0. The van der Waals surface area contributed by atoms with Gasteiger partial charge < -0.3 is 20.5 Å². The molecule has 0 aliphatic carbocycles. The molecule has 2 rings (SSSR count). The van der Waals surface area contributed by atoms with Gasteiger partial charge in [-0.1, -0.05) is 12.1 Å². The Hall–Kier alpha value is -1.26. The fourth-order valence-electron chi connectivity index (χ4n) is 2.09. The summed E-state index contributed by atoms with van der Waals surface area (Å²) in [5.41, 5.74) is 7.62. The van der Waals surface area contributed by atoms with Gasteiger partial charge >= 0.3 is 0 Å². The average Bonchev–Trinajstić information content (AvgIpc) is 2.25. The van der Waals surface area contributed by atoms with Crippen LogP contribution in [0.15, 0.2) is 18.2 Å². The van der Waals surface area contributed by atoms with Crippen molar-refractivity contribution in [3.8, 4) is 5.75 Å². The van der Waals surface area contributed by atoms with Gasteiger partial charge in [0.2, 0.25) is 0 Å². The van der Waals surface area contributed by atoms with Crippen molar-refractivity contribution in [2.75, 3.05) is 25.6 Å². The second-order valence-electron chi connectivity index (χ2n) is 3.89. The number of hydrogen-bond donors (Lipinski definition) is 2. The van der Waals surface area contributed by atoms with Crippen LogP contribution in [0.1, 0.15) is 11.7 Å². The Morgan fingerprint density at radius 2 is 2.27 bits per heavy atom. The first-order valence-electron chi connectivity index (χ1n) is 4.97. The van der Waals surface area contributed by atoms with Crippen molar-refractivity contribution >= 4 is 5.69 Å². The zero-order valence-electron chi connectivity index (χ0n) is 8.97. The number of nitrogens with zero attached hydrogens (tertiary/aromatic N) is 1. The molecule has 0 aromatic heterocycles. The highest BCUT2D eigenvalue weighted by Gasteiger charge is 2.30. The molecule has 2 atom stereocenters. The molecule has 1 aromatic carbocycles. The summed E-state index contributed by atoms with van der Waals surface area (Å²) in [6, 6.07) is 5.40. The summed E-state index contributed by atoms with van der Waals surface area (Å²) < 4.78 is 5.27. The number of benzene rings is 1. The monoisotopic (exact) mass is 208 g/mol. The standard InChI is InChI=1S/C11H16N2O2/c1-13-6-8(12)11(14)7-4-3-5-9(15-2)10(7)13/h3-5,8,11,14H,6,12H2,1-2H3/t8-,11-/m0/s1. The van der Waals surface area contributed by atoms with E-state index in [1.807, 2.05) is 30.1 Å². The van der Waals surface area contributed by atoms with Crippen molar-refractivity contribution in [1.29, 1.82) is 0 Å². The van der Waals surface area contributed by atoms with E-state index in [2.05, 4.69) is 0 Å². The van der Waals surface area contributed by atoms with E-state index in [1.54, 1.807) is 7.11 Å². The lowest BCUT2D eigenvalue weighted by molar-refractivity contribution is 0.143. The number of ether oxygens (including phenoxy) is 1. The summed E-state index contributed by atoms with van der Waals surface area (Å²) in [5.74, 6) is 0.779. The second-order valence-corrected chi connectivity index (χ2v) is 3.89. The minimum atomic E-state index is -0.605. The first kappa shape index (κ1) is 10.3. The fourth-order valence-corrected chi connectivity index (χ4v) is 2.09. The molecule has 0 unspecified atom stereocenters. The Morgan fingerprint density at radius 3 is 2.93 bits per heavy atom. The number of rotatable bonds is 1. The summed E-state index contributed by atoms with van der Waals surface area (Å²) in [6.45, 7) is 0.633. The van der Waals surface area contributed by atoms with Crippen molar-refractivity contribution in [3.05, 3.63) is 23.8 Å². The lowest BCUT2D eigenvalue weighted by Gasteiger charge is -2.35. The topological polar surface area (TPSA) is 58.7 Å². The van der Waals surface area contributed by atoms with Crippen LogP contribution in [0, 0.1) is 0 Å². The number of anilines is 1. The van der Waals surface area contributed by atoms with E-state index in [-0.39, 0.29) is 6.04 Å². The normalized spacial score (nSPS) is 24.9. The van der Waals surface area contributed by atoms with Crippen LogP contribution in [-0.4, -0.2) is 31.9 Å². The van der Waals surface area contributed by atoms with Crippen molar-refractivity contribution in [1.82, 2.24) is 0 Å². The highest BCUT2D eigenvalue weighted by Crippen LogP contribution is 2.39. The number of hydrogen-bond acceptors (Lipinski definition) is 4. The molecule has 1 aromatic rings. The predicted octanol–water partition coefficient (Wildman–Crippen LogP) is 0.506. The average molecular weight is 208 g/mol. The van der Waals surface area contributed by atoms with Gasteiger partial charge in [-0.25, -0.2) is 0 Å². The second kappa shape index (κ2) is 3.72. The summed E-state index contributed by atoms with van der Waals surface area (Å²) in [6.07, 6.45) is -0.605. The zero-order valence-corrected chi connectivity index (χ0v) is 8.97. The van der Waals surface area contributed by atoms with Crippen LogP contribution in [0.25, 0.3) is 0 Å². The SMILES string of the molecule is COc1cccc2c1N(C)C[C@H](N)[C@H]2O. The molecule has 0 saturated carbocycles. The van der Waals surface area contributed by atoms with Crippen molar-refractivity contribution in [3.63, 3.8) is 0 Å². The third-order valence-corrected chi connectivity index (χ3v) is 2.84. The van der Waals surface area contributed by atoms with Gasteiger partial charge in [0.15, 0.2) is 0 Å². The summed E-state index contributed by atoms with van der Waals surface area (Å²) in [5, 5.41) is 9.96. The minimum Gasteiger partial charge on any atom is -0.495 e.